The Morgan fingerprint density at radius 2 is 0.904 bits per heavy atom. The van der Waals surface area contributed by atoms with E-state index in [1.54, 1.807) is 17.7 Å². The van der Waals surface area contributed by atoms with Crippen molar-refractivity contribution in [3.05, 3.63) is 78.9 Å². The third kappa shape index (κ3) is 8.43. The van der Waals surface area contributed by atoms with Gasteiger partial charge in [-0.1, -0.05) is 166 Å². The summed E-state index contributed by atoms with van der Waals surface area (Å²) in [5.41, 5.74) is 4.58. The number of para-hydroxylation sites is 1. The van der Waals surface area contributed by atoms with Crippen LogP contribution in [0.25, 0.3) is 0 Å². The van der Waals surface area contributed by atoms with Crippen LogP contribution in [0.2, 0.25) is 0 Å². The van der Waals surface area contributed by atoms with Crippen molar-refractivity contribution in [1.82, 2.24) is 0 Å². The van der Waals surface area contributed by atoms with E-state index in [0.29, 0.717) is 11.3 Å². The topological polar surface area (TPSA) is 27.7 Å². The monoisotopic (exact) mass is 780 g/mol. The highest BCUT2D eigenvalue weighted by Crippen LogP contribution is 2.63. The molecule has 0 aromatic heterocycles. The molecule has 3 fully saturated rings. The Morgan fingerprint density at radius 3 is 1.33 bits per heavy atom. The molecule has 3 aromatic rings. The summed E-state index contributed by atoms with van der Waals surface area (Å²) < 4.78 is 17.3. The Balaban J connectivity index is 0.000000203. The summed E-state index contributed by atoms with van der Waals surface area (Å²) in [6, 6.07) is 29.1. The highest BCUT2D eigenvalue weighted by molar-refractivity contribution is 7.74. The zero-order valence-corrected chi connectivity index (χ0v) is 37.9. The lowest BCUT2D eigenvalue weighted by Crippen LogP contribution is -2.34. The van der Waals surface area contributed by atoms with Crippen LogP contribution >= 0.6 is 31.7 Å². The normalized spacial score (nSPS) is 37.8. The quantitative estimate of drug-likeness (QED) is 0.192. The van der Waals surface area contributed by atoms with Gasteiger partial charge in [0.15, 0.2) is 0 Å². The van der Waals surface area contributed by atoms with Crippen LogP contribution in [0, 0.1) is 23.7 Å². The first-order chi connectivity index (χ1) is 24.9. The maximum atomic E-state index is 5.82. The number of methoxy groups -OCH3 is 3. The maximum Gasteiger partial charge on any atom is 0.126 e. The van der Waals surface area contributed by atoms with Crippen LogP contribution in [0.3, 0.4) is 0 Å². The van der Waals surface area contributed by atoms with Gasteiger partial charge in [-0.2, -0.15) is 0 Å². The van der Waals surface area contributed by atoms with Crippen LogP contribution in [0.5, 0.6) is 5.75 Å². The summed E-state index contributed by atoms with van der Waals surface area (Å²) in [4.78, 5) is 0. The molecule has 6 rings (SSSR count). The molecule has 3 aliphatic heterocycles. The molecule has 3 saturated heterocycles. The van der Waals surface area contributed by atoms with Gasteiger partial charge in [-0.15, -0.1) is 0 Å². The van der Waals surface area contributed by atoms with Crippen LogP contribution in [-0.2, 0) is 9.47 Å². The van der Waals surface area contributed by atoms with Gasteiger partial charge in [-0.25, -0.2) is 0 Å². The van der Waals surface area contributed by atoms with E-state index < -0.39 is 7.92 Å². The molecule has 3 aromatic carbocycles. The molecule has 0 amide bonds. The molecule has 0 spiro atoms. The predicted octanol–water partition coefficient (Wildman–Crippen LogP) is 10.5. The van der Waals surface area contributed by atoms with Crippen molar-refractivity contribution < 1.29 is 14.2 Å². The third-order valence-corrected chi connectivity index (χ3v) is 27.6. The van der Waals surface area contributed by atoms with Crippen LogP contribution in [0.1, 0.15) is 69.2 Å². The van der Waals surface area contributed by atoms with Gasteiger partial charge >= 0.3 is 0 Å². The number of hydrogen-bond donors (Lipinski definition) is 0. The largest absolute Gasteiger partial charge is 0.496 e. The van der Waals surface area contributed by atoms with Gasteiger partial charge < -0.3 is 14.2 Å². The van der Waals surface area contributed by atoms with Crippen LogP contribution in [0.4, 0.5) is 0 Å². The zero-order valence-electron chi connectivity index (χ0n) is 34.4. The summed E-state index contributed by atoms with van der Waals surface area (Å²) in [7, 11) is 4.74. The zero-order chi connectivity index (χ0) is 37.9. The molecule has 7 heteroatoms. The van der Waals surface area contributed by atoms with Crippen molar-refractivity contribution >= 4 is 52.9 Å². The highest BCUT2D eigenvalue weighted by atomic mass is 31.1. The highest BCUT2D eigenvalue weighted by Gasteiger charge is 2.48. The molecule has 3 nitrogen and oxygen atoms in total. The van der Waals surface area contributed by atoms with E-state index in [0.717, 1.165) is 52.1 Å². The van der Waals surface area contributed by atoms with Gasteiger partial charge in [0.2, 0.25) is 0 Å². The molecular formula is C45H68O3P4. The van der Waals surface area contributed by atoms with Crippen LogP contribution < -0.4 is 26.0 Å². The number of ether oxygens (including phenoxy) is 3. The fourth-order valence-electron chi connectivity index (χ4n) is 9.72. The molecule has 0 bridgehead atoms. The van der Waals surface area contributed by atoms with Crippen molar-refractivity contribution in [3.8, 4) is 5.75 Å². The van der Waals surface area contributed by atoms with Gasteiger partial charge in [0.05, 0.1) is 19.3 Å². The summed E-state index contributed by atoms with van der Waals surface area (Å²) in [5, 5.41) is 6.31. The molecule has 0 radical (unpaired) electrons. The first kappa shape index (κ1) is 42.2. The van der Waals surface area contributed by atoms with E-state index in [1.807, 2.05) is 14.2 Å². The molecule has 13 atom stereocenters. The average Bonchev–Trinajstić information content (AvgIpc) is 3.60. The second kappa shape index (κ2) is 18.8. The molecular weight excluding hydrogens is 712 g/mol. The average molecular weight is 781 g/mol. The first-order valence-corrected chi connectivity index (χ1v) is 26.0. The fraction of sp³-hybridized carbons (Fsp3) is 0.600. The predicted molar refractivity (Wildman–Crippen MR) is 237 cm³/mol. The van der Waals surface area contributed by atoms with E-state index in [1.165, 1.54) is 22.9 Å². The summed E-state index contributed by atoms with van der Waals surface area (Å²) >= 11 is 0. The lowest BCUT2D eigenvalue weighted by molar-refractivity contribution is -0.0244. The summed E-state index contributed by atoms with van der Waals surface area (Å²) in [6.07, 6.45) is 2.82. The lowest BCUT2D eigenvalue weighted by Gasteiger charge is -2.31. The van der Waals surface area contributed by atoms with Crippen LogP contribution in [0.15, 0.2) is 78.9 Å². The first-order valence-electron chi connectivity index (χ1n) is 19.8. The van der Waals surface area contributed by atoms with E-state index in [-0.39, 0.29) is 36.0 Å². The van der Waals surface area contributed by atoms with Crippen molar-refractivity contribution in [2.75, 3.05) is 33.7 Å². The molecule has 286 valence electrons. The Morgan fingerprint density at radius 1 is 0.500 bits per heavy atom. The Labute approximate surface area is 323 Å². The van der Waals surface area contributed by atoms with Crippen molar-refractivity contribution in [2.45, 2.75) is 115 Å². The minimum atomic E-state index is -0.459. The molecule has 0 N–H and O–H groups in total. The van der Waals surface area contributed by atoms with Gasteiger partial charge in [-0.3, -0.25) is 0 Å². The van der Waals surface area contributed by atoms with Gasteiger partial charge in [0, 0.05) is 30.8 Å². The molecule has 3 aliphatic rings. The van der Waals surface area contributed by atoms with Crippen molar-refractivity contribution in [3.63, 3.8) is 0 Å². The molecule has 0 saturated carbocycles. The smallest absolute Gasteiger partial charge is 0.126 e. The molecule has 2 unspecified atom stereocenters. The second-order valence-corrected chi connectivity index (χ2v) is 27.2. The Hall–Kier alpha value is -0.900. The Kier molecular flexibility index (Phi) is 15.3. The maximum absolute atomic E-state index is 5.82. The minimum Gasteiger partial charge on any atom is -0.496 e. The van der Waals surface area contributed by atoms with Crippen LogP contribution in [-0.4, -0.2) is 79.8 Å². The van der Waals surface area contributed by atoms with Gasteiger partial charge in [-0.05, 0) is 88.5 Å². The summed E-state index contributed by atoms with van der Waals surface area (Å²) in [5.74, 6) is 4.46. The number of hydrogen-bond acceptors (Lipinski definition) is 3. The van der Waals surface area contributed by atoms with E-state index in [2.05, 4.69) is 148 Å². The number of rotatable bonds is 10. The summed E-state index contributed by atoms with van der Waals surface area (Å²) in [6.45, 7) is 24.8. The van der Waals surface area contributed by atoms with E-state index in [9.17, 15) is 0 Å². The lowest BCUT2D eigenvalue weighted by atomic mass is 9.92. The van der Waals surface area contributed by atoms with Gasteiger partial charge in [0.1, 0.15) is 5.75 Å². The molecule has 3 heterocycles. The third-order valence-electron chi connectivity index (χ3n) is 13.8. The SMILES string of the molecule is COc1ccccc1[P@@](CCP1[C@@H](C)C(OC)C(OC)[C@@H]1C)c1ccccc1.C[C@H]1[C@H](C)[C@H](C)P(c2ccccc2P2[C@@H](C)[C@@H](C)[C@H](C)[C@@H]2C)[C@H]1C. The fourth-order valence-corrected chi connectivity index (χ4v) is 24.6. The van der Waals surface area contributed by atoms with Gasteiger partial charge in [0.25, 0.3) is 0 Å². The number of benzene rings is 3. The molecule has 52 heavy (non-hydrogen) atoms. The van der Waals surface area contributed by atoms with Crippen molar-refractivity contribution in [2.24, 2.45) is 23.7 Å². The second-order valence-electron chi connectivity index (χ2n) is 16.0. The van der Waals surface area contributed by atoms with E-state index >= 15 is 0 Å². The standard InChI is InChI=1S/C23H32O3P2.C22H36P2/c1-17-22(25-4)23(26-5)18(2)27(17)15-16-28(19-11-7-6-8-12-19)21-14-10-9-13-20(21)24-3;1-13-14(2)18(6)23(17(13)5)21-11-9-10-12-22(21)24-19(7)15(3)16(4)20(24)8/h6-14,17-18,22-23H,15-16H2,1-5H3;9-20H,1-8H3/t17-,18-,22?,23?,27?,28-;13-,14-,15-,16-,17-,18-,19-,20-/m00/s1. The van der Waals surface area contributed by atoms with E-state index in [4.69, 9.17) is 14.2 Å². The van der Waals surface area contributed by atoms with Crippen molar-refractivity contribution in [1.29, 1.82) is 0 Å². The molecule has 0 aliphatic carbocycles. The minimum absolute atomic E-state index is 0.0287. The Bertz CT molecular complexity index is 1460.